The maximum Gasteiger partial charge on any atom is 0.264 e. The Morgan fingerprint density at radius 3 is 2.87 bits per heavy atom. The average Bonchev–Trinajstić information content (AvgIpc) is 3.42. The van der Waals surface area contributed by atoms with E-state index in [1.165, 1.54) is 15.3 Å². The topological polar surface area (TPSA) is 71.8 Å². The van der Waals surface area contributed by atoms with Gasteiger partial charge in [-0.1, -0.05) is 19.1 Å². The molecule has 162 valence electrons. The maximum atomic E-state index is 13.4. The molecule has 3 aromatic rings. The van der Waals surface area contributed by atoms with Gasteiger partial charge in [-0.3, -0.25) is 9.59 Å². The number of thiophene rings is 1. The second kappa shape index (κ2) is 9.39. The number of amides is 2. The summed E-state index contributed by atoms with van der Waals surface area (Å²) in [5.74, 6) is 1.39. The average molecular weight is 439 g/mol. The van der Waals surface area contributed by atoms with Crippen LogP contribution in [0.25, 0.3) is 0 Å². The lowest BCUT2D eigenvalue weighted by Gasteiger charge is -2.21. The molecule has 0 saturated carbocycles. The molecule has 0 spiro atoms. The Morgan fingerprint density at radius 1 is 1.26 bits per heavy atom. The molecule has 6 nitrogen and oxygen atoms in total. The Morgan fingerprint density at radius 2 is 2.10 bits per heavy atom. The number of carbonyl (C=O) groups is 2. The Kier molecular flexibility index (Phi) is 6.42. The van der Waals surface area contributed by atoms with Gasteiger partial charge in [0.1, 0.15) is 18.1 Å². The monoisotopic (exact) mass is 438 g/mol. The molecule has 0 saturated heterocycles. The molecule has 7 heteroatoms. The number of para-hydroxylation sites is 2. The smallest absolute Gasteiger partial charge is 0.264 e. The molecule has 1 atom stereocenters. The van der Waals surface area contributed by atoms with Crippen LogP contribution >= 0.6 is 11.3 Å². The Bertz CT molecular complexity index is 1060. The molecule has 1 N–H and O–H groups in total. The van der Waals surface area contributed by atoms with Crippen LogP contribution in [-0.4, -0.2) is 30.4 Å². The maximum absolute atomic E-state index is 13.4. The predicted molar refractivity (Wildman–Crippen MR) is 121 cm³/mol. The van der Waals surface area contributed by atoms with Crippen LogP contribution in [0.3, 0.4) is 0 Å². The number of methoxy groups -OCH3 is 1. The van der Waals surface area contributed by atoms with E-state index in [9.17, 15) is 9.59 Å². The lowest BCUT2D eigenvalue weighted by Crippen LogP contribution is -2.37. The van der Waals surface area contributed by atoms with Crippen LogP contribution in [0.1, 0.15) is 39.2 Å². The van der Waals surface area contributed by atoms with Gasteiger partial charge in [-0.25, -0.2) is 0 Å². The highest BCUT2D eigenvalue weighted by atomic mass is 32.1. The quantitative estimate of drug-likeness (QED) is 0.578. The van der Waals surface area contributed by atoms with Gasteiger partial charge in [0.05, 0.1) is 30.5 Å². The van der Waals surface area contributed by atoms with E-state index >= 15 is 0 Å². The van der Waals surface area contributed by atoms with Crippen LogP contribution in [0.2, 0.25) is 0 Å². The standard InChI is InChI=1S/C24H26N2O4S/c1-16-9-10-21-17(12-16)13-22(31-21)24(28)26(14-18-6-5-11-30-18)15-23(27)25-19-7-3-4-8-20(19)29-2/h3-8,11,13,16H,9-10,12,14-15H2,1-2H3,(H,25,27)/t16-/m0/s1. The number of hydrogen-bond acceptors (Lipinski definition) is 5. The zero-order chi connectivity index (χ0) is 21.8. The lowest BCUT2D eigenvalue weighted by atomic mass is 9.90. The summed E-state index contributed by atoms with van der Waals surface area (Å²) in [6, 6.07) is 12.8. The third kappa shape index (κ3) is 4.99. The fourth-order valence-electron chi connectivity index (χ4n) is 3.87. The predicted octanol–water partition coefficient (Wildman–Crippen LogP) is 4.76. The molecule has 2 aromatic heterocycles. The van der Waals surface area contributed by atoms with E-state index in [4.69, 9.17) is 9.15 Å². The molecule has 0 radical (unpaired) electrons. The molecule has 1 aliphatic carbocycles. The Balaban J connectivity index is 1.53. The van der Waals surface area contributed by atoms with Crippen molar-refractivity contribution >= 4 is 28.8 Å². The number of hydrogen-bond donors (Lipinski definition) is 1. The summed E-state index contributed by atoms with van der Waals surface area (Å²) in [5.41, 5.74) is 1.84. The third-order valence-electron chi connectivity index (χ3n) is 5.47. The minimum absolute atomic E-state index is 0.0868. The number of nitrogens with zero attached hydrogens (tertiary/aromatic N) is 1. The second-order valence-electron chi connectivity index (χ2n) is 7.90. The third-order valence-corrected chi connectivity index (χ3v) is 6.69. The molecular weight excluding hydrogens is 412 g/mol. The largest absolute Gasteiger partial charge is 0.495 e. The zero-order valence-corrected chi connectivity index (χ0v) is 18.5. The molecule has 31 heavy (non-hydrogen) atoms. The summed E-state index contributed by atoms with van der Waals surface area (Å²) in [6.07, 6.45) is 4.74. The Hall–Kier alpha value is -3.06. The zero-order valence-electron chi connectivity index (χ0n) is 17.7. The van der Waals surface area contributed by atoms with Crippen LogP contribution in [0.15, 0.2) is 53.1 Å². The first-order valence-corrected chi connectivity index (χ1v) is 11.2. The van der Waals surface area contributed by atoms with Gasteiger partial charge in [0, 0.05) is 4.88 Å². The molecular formula is C24H26N2O4S. The van der Waals surface area contributed by atoms with Crippen LogP contribution in [0.4, 0.5) is 5.69 Å². The van der Waals surface area contributed by atoms with Crippen LogP contribution < -0.4 is 10.1 Å². The summed E-state index contributed by atoms with van der Waals surface area (Å²) >= 11 is 1.55. The Labute approximate surface area is 185 Å². The molecule has 1 aliphatic rings. The number of ether oxygens (including phenoxy) is 1. The van der Waals surface area contributed by atoms with Gasteiger partial charge < -0.3 is 19.4 Å². The number of fused-ring (bicyclic) bond motifs is 1. The first-order chi connectivity index (χ1) is 15.0. The van der Waals surface area contributed by atoms with E-state index < -0.39 is 0 Å². The number of carbonyl (C=O) groups excluding carboxylic acids is 2. The van der Waals surface area contributed by atoms with Crippen molar-refractivity contribution < 1.29 is 18.7 Å². The fraction of sp³-hybridized carbons (Fsp3) is 0.333. The number of rotatable bonds is 7. The number of anilines is 1. The molecule has 4 rings (SSSR count). The number of benzene rings is 1. The van der Waals surface area contributed by atoms with Crippen LogP contribution in [0.5, 0.6) is 5.75 Å². The van der Waals surface area contributed by atoms with Gasteiger partial charge in [0.15, 0.2) is 0 Å². The molecule has 2 heterocycles. The lowest BCUT2D eigenvalue weighted by molar-refractivity contribution is -0.117. The molecule has 2 amide bonds. The minimum atomic E-state index is -0.292. The van der Waals surface area contributed by atoms with E-state index in [-0.39, 0.29) is 24.9 Å². The van der Waals surface area contributed by atoms with Gasteiger partial charge >= 0.3 is 0 Å². The van der Waals surface area contributed by atoms with Gasteiger partial charge in [-0.15, -0.1) is 11.3 Å². The van der Waals surface area contributed by atoms with Crippen molar-refractivity contribution in [1.29, 1.82) is 0 Å². The molecule has 0 aliphatic heterocycles. The van der Waals surface area contributed by atoms with Crippen LogP contribution in [-0.2, 0) is 24.2 Å². The first-order valence-electron chi connectivity index (χ1n) is 10.4. The normalized spacial score (nSPS) is 15.2. The molecule has 0 fully saturated rings. The molecule has 0 bridgehead atoms. The summed E-state index contributed by atoms with van der Waals surface area (Å²) in [5, 5.41) is 2.85. The van der Waals surface area contributed by atoms with Crippen molar-refractivity contribution in [3.05, 3.63) is 69.8 Å². The number of furan rings is 1. The van der Waals surface area contributed by atoms with Crippen molar-refractivity contribution in [1.82, 2.24) is 4.90 Å². The highest BCUT2D eigenvalue weighted by molar-refractivity contribution is 7.14. The summed E-state index contributed by atoms with van der Waals surface area (Å²) in [4.78, 5) is 29.7. The van der Waals surface area contributed by atoms with Crippen molar-refractivity contribution in [3.63, 3.8) is 0 Å². The van der Waals surface area contributed by atoms with E-state index in [2.05, 4.69) is 12.2 Å². The fourth-order valence-corrected chi connectivity index (χ4v) is 5.04. The van der Waals surface area contributed by atoms with E-state index in [1.807, 2.05) is 18.2 Å². The second-order valence-corrected chi connectivity index (χ2v) is 9.03. The number of aryl methyl sites for hydroxylation is 1. The van der Waals surface area contributed by atoms with Crippen molar-refractivity contribution in [2.75, 3.05) is 19.0 Å². The number of nitrogens with one attached hydrogen (secondary N) is 1. The molecule has 0 unspecified atom stereocenters. The summed E-state index contributed by atoms with van der Waals surface area (Å²) in [6.45, 7) is 2.38. The summed E-state index contributed by atoms with van der Waals surface area (Å²) < 4.78 is 10.7. The van der Waals surface area contributed by atoms with Crippen LogP contribution in [0, 0.1) is 5.92 Å². The van der Waals surface area contributed by atoms with E-state index in [1.54, 1.807) is 49.0 Å². The van der Waals surface area contributed by atoms with Crippen molar-refractivity contribution in [2.45, 2.75) is 32.7 Å². The SMILES string of the molecule is COc1ccccc1NC(=O)CN(Cc1ccco1)C(=O)c1cc2c(s1)CC[C@H](C)C2. The van der Waals surface area contributed by atoms with Gasteiger partial charge in [0.2, 0.25) is 5.91 Å². The van der Waals surface area contributed by atoms with Gasteiger partial charge in [-0.05, 0) is 61.1 Å². The van der Waals surface area contributed by atoms with Gasteiger partial charge in [-0.2, -0.15) is 0 Å². The first kappa shape index (κ1) is 21.2. The van der Waals surface area contributed by atoms with E-state index in [0.29, 0.717) is 28.0 Å². The molecule has 1 aromatic carbocycles. The summed E-state index contributed by atoms with van der Waals surface area (Å²) in [7, 11) is 1.55. The minimum Gasteiger partial charge on any atom is -0.495 e. The van der Waals surface area contributed by atoms with Crippen molar-refractivity contribution in [2.24, 2.45) is 5.92 Å². The highest BCUT2D eigenvalue weighted by Crippen LogP contribution is 2.33. The van der Waals surface area contributed by atoms with Gasteiger partial charge in [0.25, 0.3) is 5.91 Å². The highest BCUT2D eigenvalue weighted by Gasteiger charge is 2.26. The van der Waals surface area contributed by atoms with E-state index in [0.717, 1.165) is 19.3 Å². The van der Waals surface area contributed by atoms with Crippen molar-refractivity contribution in [3.8, 4) is 5.75 Å².